The lowest BCUT2D eigenvalue weighted by Crippen LogP contribution is -2.35. The van der Waals surface area contributed by atoms with E-state index in [2.05, 4.69) is 12.2 Å². The fraction of sp³-hybridized carbons (Fsp3) is 0.889. The van der Waals surface area contributed by atoms with Crippen LogP contribution in [0.2, 0.25) is 0 Å². The highest BCUT2D eigenvalue weighted by molar-refractivity contribution is 5.49. The van der Waals surface area contributed by atoms with Gasteiger partial charge in [-0.15, -0.1) is 0 Å². The van der Waals surface area contributed by atoms with Crippen LogP contribution in [-0.2, 0) is 4.79 Å². The summed E-state index contributed by atoms with van der Waals surface area (Å²) in [6, 6.07) is 0.653. The first-order valence-electron chi connectivity index (χ1n) is 4.50. The quantitative estimate of drug-likeness (QED) is 0.623. The molecular weight excluding hydrogens is 138 g/mol. The highest BCUT2D eigenvalue weighted by Gasteiger charge is 2.17. The van der Waals surface area contributed by atoms with E-state index in [1.807, 2.05) is 0 Å². The molecule has 0 amide bonds. The molecule has 0 bridgehead atoms. The van der Waals surface area contributed by atoms with Gasteiger partial charge in [-0.25, -0.2) is 0 Å². The molecule has 1 aliphatic heterocycles. The number of carbonyl (C=O) groups excluding carboxylic acids is 1. The van der Waals surface area contributed by atoms with E-state index in [0.29, 0.717) is 6.04 Å². The first-order chi connectivity index (χ1) is 5.33. The molecule has 2 heteroatoms. The van der Waals surface area contributed by atoms with Gasteiger partial charge in [-0.05, 0) is 38.6 Å². The molecule has 0 radical (unpaired) electrons. The van der Waals surface area contributed by atoms with Crippen LogP contribution in [0.5, 0.6) is 0 Å². The average Bonchev–Trinajstić information content (AvgIpc) is 2.01. The van der Waals surface area contributed by atoms with Crippen LogP contribution in [-0.4, -0.2) is 18.9 Å². The lowest BCUT2D eigenvalue weighted by molar-refractivity contribution is -0.108. The van der Waals surface area contributed by atoms with Crippen LogP contribution >= 0.6 is 0 Å². The van der Waals surface area contributed by atoms with Gasteiger partial charge in [0.15, 0.2) is 0 Å². The van der Waals surface area contributed by atoms with Crippen molar-refractivity contribution >= 4 is 6.29 Å². The van der Waals surface area contributed by atoms with E-state index in [-0.39, 0.29) is 0 Å². The topological polar surface area (TPSA) is 29.1 Å². The lowest BCUT2D eigenvalue weighted by atomic mass is 9.90. The Kier molecular flexibility index (Phi) is 3.57. The maximum Gasteiger partial charge on any atom is 0.120 e. The van der Waals surface area contributed by atoms with Gasteiger partial charge in [0.1, 0.15) is 6.29 Å². The van der Waals surface area contributed by atoms with Crippen LogP contribution in [0.1, 0.15) is 32.6 Å². The summed E-state index contributed by atoms with van der Waals surface area (Å²) in [6.45, 7) is 3.35. The van der Waals surface area contributed by atoms with E-state index >= 15 is 0 Å². The van der Waals surface area contributed by atoms with E-state index in [1.54, 1.807) is 0 Å². The van der Waals surface area contributed by atoms with E-state index in [4.69, 9.17) is 0 Å². The Balaban J connectivity index is 2.17. The number of hydrogen-bond donors (Lipinski definition) is 1. The van der Waals surface area contributed by atoms with Gasteiger partial charge in [0, 0.05) is 12.5 Å². The minimum Gasteiger partial charge on any atom is -0.314 e. The van der Waals surface area contributed by atoms with Gasteiger partial charge in [-0.3, -0.25) is 0 Å². The summed E-state index contributed by atoms with van der Waals surface area (Å²) < 4.78 is 0. The average molecular weight is 155 g/mol. The zero-order valence-electron chi connectivity index (χ0n) is 7.18. The van der Waals surface area contributed by atoms with Gasteiger partial charge in [0.05, 0.1) is 0 Å². The molecule has 1 aliphatic rings. The normalized spacial score (nSPS) is 31.7. The molecule has 64 valence electrons. The Bertz CT molecular complexity index is 125. The molecule has 1 saturated heterocycles. The Hall–Kier alpha value is -0.370. The number of piperidine rings is 1. The second kappa shape index (κ2) is 4.50. The van der Waals surface area contributed by atoms with Crippen LogP contribution in [0.25, 0.3) is 0 Å². The van der Waals surface area contributed by atoms with Gasteiger partial charge < -0.3 is 10.1 Å². The van der Waals surface area contributed by atoms with Crippen LogP contribution in [0.3, 0.4) is 0 Å². The van der Waals surface area contributed by atoms with Crippen molar-refractivity contribution in [3.05, 3.63) is 0 Å². The molecule has 0 aliphatic carbocycles. The van der Waals surface area contributed by atoms with Gasteiger partial charge in [0.25, 0.3) is 0 Å². The van der Waals surface area contributed by atoms with Crippen molar-refractivity contribution in [2.24, 2.45) is 5.92 Å². The van der Waals surface area contributed by atoms with Crippen molar-refractivity contribution in [2.45, 2.75) is 38.6 Å². The Morgan fingerprint density at radius 3 is 3.09 bits per heavy atom. The summed E-state index contributed by atoms with van der Waals surface area (Å²) in [5.41, 5.74) is 0. The molecule has 11 heavy (non-hydrogen) atoms. The van der Waals surface area contributed by atoms with Crippen molar-refractivity contribution in [3.8, 4) is 0 Å². The predicted molar refractivity (Wildman–Crippen MR) is 45.5 cm³/mol. The molecule has 1 fully saturated rings. The summed E-state index contributed by atoms with van der Waals surface area (Å²) in [5.74, 6) is 0.788. The van der Waals surface area contributed by atoms with E-state index in [9.17, 15) is 4.79 Å². The van der Waals surface area contributed by atoms with E-state index < -0.39 is 0 Å². The summed E-state index contributed by atoms with van der Waals surface area (Å²) in [4.78, 5) is 10.1. The second-order valence-corrected chi connectivity index (χ2v) is 3.49. The van der Waals surface area contributed by atoms with Crippen LogP contribution in [0, 0.1) is 5.92 Å². The van der Waals surface area contributed by atoms with Crippen molar-refractivity contribution in [3.63, 3.8) is 0 Å². The Morgan fingerprint density at radius 1 is 1.64 bits per heavy atom. The van der Waals surface area contributed by atoms with Crippen LogP contribution in [0.4, 0.5) is 0 Å². The highest BCUT2D eigenvalue weighted by Crippen LogP contribution is 2.20. The fourth-order valence-corrected chi connectivity index (χ4v) is 1.80. The molecule has 0 spiro atoms. The third-order valence-corrected chi connectivity index (χ3v) is 2.43. The van der Waals surface area contributed by atoms with Crippen LogP contribution < -0.4 is 5.32 Å². The summed E-state index contributed by atoms with van der Waals surface area (Å²) in [6.07, 6.45) is 5.37. The van der Waals surface area contributed by atoms with Gasteiger partial charge in [-0.1, -0.05) is 0 Å². The second-order valence-electron chi connectivity index (χ2n) is 3.49. The zero-order valence-corrected chi connectivity index (χ0v) is 7.18. The summed E-state index contributed by atoms with van der Waals surface area (Å²) in [7, 11) is 0. The molecule has 0 aromatic rings. The monoisotopic (exact) mass is 155 g/mol. The van der Waals surface area contributed by atoms with E-state index in [0.717, 1.165) is 31.6 Å². The molecule has 2 unspecified atom stereocenters. The summed E-state index contributed by atoms with van der Waals surface area (Å²) in [5, 5.41) is 3.40. The maximum atomic E-state index is 10.1. The van der Waals surface area contributed by atoms with E-state index in [1.165, 1.54) is 12.8 Å². The maximum absolute atomic E-state index is 10.1. The first-order valence-corrected chi connectivity index (χ1v) is 4.50. The minimum atomic E-state index is 0.653. The molecule has 2 nitrogen and oxygen atoms in total. The number of nitrogens with one attached hydrogen (secondary N) is 1. The fourth-order valence-electron chi connectivity index (χ4n) is 1.80. The largest absolute Gasteiger partial charge is 0.314 e. The van der Waals surface area contributed by atoms with Gasteiger partial charge >= 0.3 is 0 Å². The number of aldehydes is 1. The third-order valence-electron chi connectivity index (χ3n) is 2.43. The SMILES string of the molecule is CC1CC(CCC=O)CCN1. The van der Waals surface area contributed by atoms with Crippen LogP contribution in [0.15, 0.2) is 0 Å². The zero-order chi connectivity index (χ0) is 8.10. The number of hydrogen-bond acceptors (Lipinski definition) is 2. The third kappa shape index (κ3) is 3.02. The molecule has 1 heterocycles. The molecule has 1 N–H and O–H groups in total. The molecular formula is C9H17NO. The van der Waals surface area contributed by atoms with Crippen molar-refractivity contribution in [1.82, 2.24) is 5.32 Å². The molecule has 0 aromatic carbocycles. The lowest BCUT2D eigenvalue weighted by Gasteiger charge is -2.27. The van der Waals surface area contributed by atoms with Crippen molar-refractivity contribution in [2.75, 3.05) is 6.54 Å². The molecule has 0 aromatic heterocycles. The first kappa shape index (κ1) is 8.72. The highest BCUT2D eigenvalue weighted by atomic mass is 16.1. The molecule has 0 saturated carbocycles. The minimum absolute atomic E-state index is 0.653. The molecule has 2 atom stereocenters. The summed E-state index contributed by atoms with van der Waals surface area (Å²) >= 11 is 0. The van der Waals surface area contributed by atoms with Gasteiger partial charge in [0.2, 0.25) is 0 Å². The molecule has 1 rings (SSSR count). The number of rotatable bonds is 3. The van der Waals surface area contributed by atoms with Crippen molar-refractivity contribution in [1.29, 1.82) is 0 Å². The standard InChI is InChI=1S/C9H17NO/c1-8-7-9(3-2-6-11)4-5-10-8/h6,8-10H,2-5,7H2,1H3. The van der Waals surface area contributed by atoms with Gasteiger partial charge in [-0.2, -0.15) is 0 Å². The number of carbonyl (C=O) groups is 1. The smallest absolute Gasteiger partial charge is 0.120 e. The predicted octanol–water partition coefficient (Wildman–Crippen LogP) is 1.35. The Labute approximate surface area is 68.4 Å². The van der Waals surface area contributed by atoms with Crippen molar-refractivity contribution < 1.29 is 4.79 Å². The Morgan fingerprint density at radius 2 is 2.45 bits per heavy atom.